The molecule has 1 fully saturated rings. The Bertz CT molecular complexity index is 506. The molecule has 2 unspecified atom stereocenters. The summed E-state index contributed by atoms with van der Waals surface area (Å²) in [4.78, 5) is 11.9. The van der Waals surface area contributed by atoms with E-state index in [9.17, 15) is 0 Å². The molecule has 1 saturated heterocycles. The number of hydrogen-bond donors (Lipinski definition) is 2. The van der Waals surface area contributed by atoms with Crippen LogP contribution in [0.5, 0.6) is 0 Å². The molecule has 0 radical (unpaired) electrons. The second-order valence-corrected chi connectivity index (χ2v) is 7.41. The van der Waals surface area contributed by atoms with Gasteiger partial charge < -0.3 is 10.3 Å². The predicted molar refractivity (Wildman–Crippen MR) is 88.5 cm³/mol. The molecule has 2 atom stereocenters. The van der Waals surface area contributed by atoms with Gasteiger partial charge in [0.2, 0.25) is 0 Å². The molecular weight excluding hydrogens is 262 g/mol. The monoisotopic (exact) mass is 291 g/mol. The Hall–Kier alpha value is -1.36. The van der Waals surface area contributed by atoms with Crippen molar-refractivity contribution in [3.05, 3.63) is 11.4 Å². The maximum atomic E-state index is 5.66. The normalized spacial score (nSPS) is 23.3. The number of anilines is 2. The van der Waals surface area contributed by atoms with Gasteiger partial charge in [-0.1, -0.05) is 27.7 Å². The van der Waals surface area contributed by atoms with Crippen LogP contribution in [0.3, 0.4) is 0 Å². The second kappa shape index (κ2) is 5.79. The van der Waals surface area contributed by atoms with Gasteiger partial charge in [-0.15, -0.1) is 0 Å². The topological polar surface area (TPSA) is 67.1 Å². The van der Waals surface area contributed by atoms with Crippen molar-refractivity contribution in [1.29, 1.82) is 0 Å². The van der Waals surface area contributed by atoms with Crippen LogP contribution in [-0.4, -0.2) is 22.6 Å². The Morgan fingerprint density at radius 1 is 1.24 bits per heavy atom. The molecule has 0 amide bonds. The van der Waals surface area contributed by atoms with E-state index in [1.54, 1.807) is 0 Å². The van der Waals surface area contributed by atoms with Gasteiger partial charge in [0.05, 0.1) is 0 Å². The zero-order valence-electron chi connectivity index (χ0n) is 14.2. The summed E-state index contributed by atoms with van der Waals surface area (Å²) in [5.41, 5.74) is 3.67. The Balaban J connectivity index is 2.47. The highest BCUT2D eigenvalue weighted by atomic mass is 15.3. The third-order valence-corrected chi connectivity index (χ3v) is 4.34. The number of hydrazine groups is 1. The van der Waals surface area contributed by atoms with Gasteiger partial charge in [0.1, 0.15) is 17.5 Å². The van der Waals surface area contributed by atoms with Crippen molar-refractivity contribution < 1.29 is 0 Å². The first kappa shape index (κ1) is 16.0. The summed E-state index contributed by atoms with van der Waals surface area (Å²) >= 11 is 0. The summed E-state index contributed by atoms with van der Waals surface area (Å²) in [5, 5.41) is 0. The molecule has 3 N–H and O–H groups in total. The Labute approximate surface area is 128 Å². The fraction of sp³-hybridized carbons (Fsp3) is 0.750. The molecular formula is C16H29N5. The van der Waals surface area contributed by atoms with E-state index in [0.717, 1.165) is 35.5 Å². The minimum atomic E-state index is -0.0969. The molecule has 0 aromatic carbocycles. The second-order valence-electron chi connectivity index (χ2n) is 7.41. The zero-order valence-corrected chi connectivity index (χ0v) is 14.2. The molecule has 0 aliphatic carbocycles. The number of nitrogens with zero attached hydrogens (tertiary/aromatic N) is 3. The number of rotatable bonds is 2. The van der Waals surface area contributed by atoms with Crippen molar-refractivity contribution in [1.82, 2.24) is 9.97 Å². The van der Waals surface area contributed by atoms with Crippen molar-refractivity contribution in [2.45, 2.75) is 65.8 Å². The quantitative estimate of drug-likeness (QED) is 0.647. The van der Waals surface area contributed by atoms with Crippen LogP contribution < -0.4 is 16.2 Å². The summed E-state index contributed by atoms with van der Waals surface area (Å²) in [6.07, 6.45) is 2.42. The van der Waals surface area contributed by atoms with Crippen molar-refractivity contribution >= 4 is 11.6 Å². The smallest absolute Gasteiger partial charge is 0.148 e. The summed E-state index contributed by atoms with van der Waals surface area (Å²) in [5.74, 6) is 9.04. The van der Waals surface area contributed by atoms with Crippen LogP contribution in [0.1, 0.15) is 58.8 Å². The summed E-state index contributed by atoms with van der Waals surface area (Å²) in [6, 6.07) is 0.501. The van der Waals surface area contributed by atoms with Gasteiger partial charge in [0.15, 0.2) is 0 Å². The number of hydrogen-bond acceptors (Lipinski definition) is 5. The molecule has 2 heterocycles. The van der Waals surface area contributed by atoms with Gasteiger partial charge in [0.25, 0.3) is 0 Å². The van der Waals surface area contributed by atoms with Crippen LogP contribution in [0.2, 0.25) is 0 Å². The first-order valence-electron chi connectivity index (χ1n) is 7.86. The number of nitrogen functional groups attached to an aromatic ring is 1. The van der Waals surface area contributed by atoms with Crippen LogP contribution in [-0.2, 0) is 5.41 Å². The molecule has 1 aromatic heterocycles. The van der Waals surface area contributed by atoms with Gasteiger partial charge in [-0.25, -0.2) is 15.8 Å². The van der Waals surface area contributed by atoms with E-state index in [4.69, 9.17) is 10.8 Å². The highest BCUT2D eigenvalue weighted by Crippen LogP contribution is 2.32. The lowest BCUT2D eigenvalue weighted by molar-refractivity contribution is 0.374. The van der Waals surface area contributed by atoms with Crippen LogP contribution in [0, 0.1) is 12.8 Å². The highest BCUT2D eigenvalue weighted by molar-refractivity contribution is 5.59. The molecule has 5 heteroatoms. The Morgan fingerprint density at radius 3 is 2.43 bits per heavy atom. The first-order chi connectivity index (χ1) is 9.74. The molecule has 1 aliphatic rings. The van der Waals surface area contributed by atoms with Crippen molar-refractivity contribution in [3.8, 4) is 0 Å². The number of aromatic nitrogens is 2. The van der Waals surface area contributed by atoms with Crippen molar-refractivity contribution in [3.63, 3.8) is 0 Å². The van der Waals surface area contributed by atoms with E-state index >= 15 is 0 Å². The van der Waals surface area contributed by atoms with Gasteiger partial charge in [-0.2, -0.15) is 0 Å². The molecule has 0 spiro atoms. The maximum absolute atomic E-state index is 5.66. The lowest BCUT2D eigenvalue weighted by Gasteiger charge is -2.38. The molecule has 0 saturated carbocycles. The fourth-order valence-corrected chi connectivity index (χ4v) is 2.98. The molecule has 0 bridgehead atoms. The SMILES string of the molecule is Cc1c(NN)nc(C(C)(C)C)nc1N1CCC(C)CC1C. The Kier molecular flexibility index (Phi) is 4.42. The summed E-state index contributed by atoms with van der Waals surface area (Å²) < 4.78 is 0. The molecule has 1 aromatic rings. The maximum Gasteiger partial charge on any atom is 0.148 e. The van der Waals surface area contributed by atoms with E-state index in [1.807, 2.05) is 6.92 Å². The lowest BCUT2D eigenvalue weighted by Crippen LogP contribution is -2.41. The number of nitrogens with two attached hydrogens (primary N) is 1. The molecule has 5 nitrogen and oxygen atoms in total. The summed E-state index contributed by atoms with van der Waals surface area (Å²) in [7, 11) is 0. The average molecular weight is 291 g/mol. The first-order valence-corrected chi connectivity index (χ1v) is 7.86. The third kappa shape index (κ3) is 3.28. The Morgan fingerprint density at radius 2 is 1.90 bits per heavy atom. The van der Waals surface area contributed by atoms with Crippen molar-refractivity contribution in [2.75, 3.05) is 16.9 Å². The average Bonchev–Trinajstić information content (AvgIpc) is 2.38. The van der Waals surface area contributed by atoms with Crippen molar-refractivity contribution in [2.24, 2.45) is 11.8 Å². The molecule has 1 aliphatic heterocycles. The largest absolute Gasteiger partial charge is 0.353 e. The molecule has 21 heavy (non-hydrogen) atoms. The molecule has 118 valence electrons. The van der Waals surface area contributed by atoms with Crippen LogP contribution in [0.4, 0.5) is 11.6 Å². The van der Waals surface area contributed by atoms with E-state index < -0.39 is 0 Å². The van der Waals surface area contributed by atoms with E-state index in [-0.39, 0.29) is 5.41 Å². The minimum absolute atomic E-state index is 0.0969. The highest BCUT2D eigenvalue weighted by Gasteiger charge is 2.28. The molecule has 2 rings (SSSR count). The minimum Gasteiger partial charge on any atom is -0.353 e. The van der Waals surface area contributed by atoms with Crippen LogP contribution in [0.15, 0.2) is 0 Å². The van der Waals surface area contributed by atoms with E-state index in [1.165, 1.54) is 12.8 Å². The van der Waals surface area contributed by atoms with E-state index in [0.29, 0.717) is 6.04 Å². The summed E-state index contributed by atoms with van der Waals surface area (Å²) in [6.45, 7) is 14.1. The zero-order chi connectivity index (χ0) is 15.8. The third-order valence-electron chi connectivity index (χ3n) is 4.34. The number of nitrogens with one attached hydrogen (secondary N) is 1. The van der Waals surface area contributed by atoms with Gasteiger partial charge >= 0.3 is 0 Å². The standard InChI is InChI=1S/C16H29N5/c1-10-7-8-21(11(2)9-10)14-12(3)13(20-17)18-15(19-14)16(4,5)6/h10-11H,7-9,17H2,1-6H3,(H,18,19,20). The fourth-order valence-electron chi connectivity index (χ4n) is 2.98. The number of piperidine rings is 1. The lowest BCUT2D eigenvalue weighted by atomic mass is 9.92. The van der Waals surface area contributed by atoms with Crippen LogP contribution in [0.25, 0.3) is 0 Å². The van der Waals surface area contributed by atoms with Gasteiger partial charge in [-0.3, -0.25) is 0 Å². The predicted octanol–water partition coefficient (Wildman–Crippen LogP) is 2.99. The van der Waals surface area contributed by atoms with E-state index in [2.05, 4.69) is 49.9 Å². The van der Waals surface area contributed by atoms with Crippen LogP contribution >= 0.6 is 0 Å². The van der Waals surface area contributed by atoms with Gasteiger partial charge in [-0.05, 0) is 32.6 Å². The van der Waals surface area contributed by atoms with Gasteiger partial charge in [0, 0.05) is 23.6 Å².